The van der Waals surface area contributed by atoms with Crippen molar-refractivity contribution in [2.45, 2.75) is 102 Å². The van der Waals surface area contributed by atoms with Gasteiger partial charge in [0, 0.05) is 5.92 Å². The van der Waals surface area contributed by atoms with Crippen molar-refractivity contribution in [1.82, 2.24) is 16.2 Å². The molecule has 0 radical (unpaired) electrons. The predicted octanol–water partition coefficient (Wildman–Crippen LogP) is 6.22. The molecular weight excluding hydrogens is 534 g/mol. The van der Waals surface area contributed by atoms with Crippen molar-refractivity contribution in [3.63, 3.8) is 0 Å². The maximum atomic E-state index is 12.7. The van der Waals surface area contributed by atoms with E-state index < -0.39 is 29.9 Å². The van der Waals surface area contributed by atoms with Crippen LogP contribution in [-0.2, 0) is 19.1 Å². The van der Waals surface area contributed by atoms with Crippen LogP contribution in [0.2, 0.25) is 0 Å². The Balaban J connectivity index is 1.39. The second kappa shape index (κ2) is 17.8. The molecule has 3 amide bonds. The summed E-state index contributed by atoms with van der Waals surface area (Å²) in [5.41, 5.74) is 8.82. The first-order valence-corrected chi connectivity index (χ1v) is 15.4. The first-order valence-electron chi connectivity index (χ1n) is 15.4. The summed E-state index contributed by atoms with van der Waals surface area (Å²) in [5, 5.41) is 11.2. The van der Waals surface area contributed by atoms with Crippen LogP contribution in [0.25, 0.3) is 11.1 Å². The molecule has 2 aromatic rings. The van der Waals surface area contributed by atoms with E-state index in [4.69, 9.17) is 9.84 Å². The summed E-state index contributed by atoms with van der Waals surface area (Å²) >= 11 is 0. The first kappa shape index (κ1) is 32.6. The molecule has 1 aliphatic carbocycles. The summed E-state index contributed by atoms with van der Waals surface area (Å²) in [7, 11) is 0. The van der Waals surface area contributed by atoms with E-state index in [-0.39, 0.29) is 18.9 Å². The van der Waals surface area contributed by atoms with Crippen LogP contribution in [0.1, 0.15) is 107 Å². The van der Waals surface area contributed by atoms with E-state index in [1.54, 1.807) is 0 Å². The largest absolute Gasteiger partial charge is 0.474 e. The van der Waals surface area contributed by atoms with Gasteiger partial charge < -0.3 is 15.2 Å². The zero-order valence-electron chi connectivity index (χ0n) is 24.7. The Morgan fingerprint density at radius 1 is 0.738 bits per heavy atom. The molecule has 42 heavy (non-hydrogen) atoms. The number of fused-ring (bicyclic) bond motifs is 3. The van der Waals surface area contributed by atoms with Crippen molar-refractivity contribution in [1.29, 1.82) is 0 Å². The number of amides is 3. The van der Waals surface area contributed by atoms with Crippen molar-refractivity contribution >= 4 is 23.9 Å². The van der Waals surface area contributed by atoms with E-state index in [0.29, 0.717) is 6.42 Å². The number of hydrogen-bond acceptors (Lipinski definition) is 5. The van der Waals surface area contributed by atoms with Crippen LogP contribution in [0.4, 0.5) is 4.79 Å². The van der Waals surface area contributed by atoms with Gasteiger partial charge in [-0.3, -0.25) is 15.0 Å². The minimum absolute atomic E-state index is 0.0771. The summed E-state index contributed by atoms with van der Waals surface area (Å²) in [6.07, 6.45) is 13.2. The third kappa shape index (κ3) is 10.2. The Labute approximate surface area is 248 Å². The number of carbonyl (C=O) groups excluding carboxylic acids is 3. The second-order valence-electron chi connectivity index (χ2n) is 10.9. The highest BCUT2D eigenvalue weighted by Crippen LogP contribution is 2.44. The summed E-state index contributed by atoms with van der Waals surface area (Å²) in [6, 6.07) is 14.8. The third-order valence-corrected chi connectivity index (χ3v) is 7.79. The minimum Gasteiger partial charge on any atom is -0.474 e. The fourth-order valence-electron chi connectivity index (χ4n) is 5.51. The number of carboxylic acid groups (broad SMARTS) is 1. The monoisotopic (exact) mass is 579 g/mol. The number of benzene rings is 2. The molecule has 0 saturated carbocycles. The molecule has 9 heteroatoms. The van der Waals surface area contributed by atoms with Gasteiger partial charge in [-0.1, -0.05) is 133 Å². The Morgan fingerprint density at radius 2 is 1.24 bits per heavy atom. The second-order valence-corrected chi connectivity index (χ2v) is 10.9. The van der Waals surface area contributed by atoms with Crippen molar-refractivity contribution in [3.05, 3.63) is 59.7 Å². The van der Waals surface area contributed by atoms with Crippen molar-refractivity contribution in [2.75, 3.05) is 6.61 Å². The molecule has 0 spiro atoms. The molecule has 2 aromatic carbocycles. The lowest BCUT2D eigenvalue weighted by Gasteiger charge is -2.18. The van der Waals surface area contributed by atoms with E-state index >= 15 is 0 Å². The predicted molar refractivity (Wildman–Crippen MR) is 162 cm³/mol. The smallest absolute Gasteiger partial charge is 0.426 e. The van der Waals surface area contributed by atoms with E-state index in [2.05, 4.69) is 23.1 Å². The van der Waals surface area contributed by atoms with Gasteiger partial charge in [0.2, 0.25) is 0 Å². The van der Waals surface area contributed by atoms with Crippen LogP contribution in [0.15, 0.2) is 48.5 Å². The van der Waals surface area contributed by atoms with Gasteiger partial charge in [-0.15, -0.1) is 0 Å². The van der Waals surface area contributed by atoms with Gasteiger partial charge in [-0.2, -0.15) is 0 Å². The Kier molecular flexibility index (Phi) is 13.9. The molecule has 0 fully saturated rings. The number of ether oxygens (including phenoxy) is 1. The topological polar surface area (TPSA) is 134 Å². The van der Waals surface area contributed by atoms with Gasteiger partial charge in [-0.25, -0.2) is 15.0 Å². The minimum atomic E-state index is -1.67. The third-order valence-electron chi connectivity index (χ3n) is 7.79. The van der Waals surface area contributed by atoms with Crippen LogP contribution in [0.3, 0.4) is 0 Å². The quantitative estimate of drug-likeness (QED) is 0.0999. The van der Waals surface area contributed by atoms with Gasteiger partial charge >= 0.3 is 18.0 Å². The molecule has 4 N–H and O–H groups in total. The summed E-state index contributed by atoms with van der Waals surface area (Å²) in [4.78, 5) is 48.0. The molecule has 228 valence electrons. The van der Waals surface area contributed by atoms with E-state index in [1.807, 2.05) is 48.5 Å². The molecule has 1 aliphatic rings. The van der Waals surface area contributed by atoms with Crippen LogP contribution in [0.5, 0.6) is 0 Å². The van der Waals surface area contributed by atoms with E-state index in [9.17, 15) is 19.2 Å². The number of hydrogen-bond donors (Lipinski definition) is 4. The lowest BCUT2D eigenvalue weighted by Crippen LogP contribution is -2.53. The first-order chi connectivity index (χ1) is 20.4. The van der Waals surface area contributed by atoms with Crippen LogP contribution < -0.4 is 16.2 Å². The average Bonchev–Trinajstić information content (AvgIpc) is 3.32. The van der Waals surface area contributed by atoms with Crippen molar-refractivity contribution in [3.8, 4) is 11.1 Å². The molecule has 0 bridgehead atoms. The zero-order chi connectivity index (χ0) is 30.2. The number of unbranched alkanes of at least 4 members (excludes halogenated alkanes) is 11. The highest BCUT2D eigenvalue weighted by Gasteiger charge is 2.29. The number of carbonyl (C=O) groups is 4. The van der Waals surface area contributed by atoms with Gasteiger partial charge in [0.25, 0.3) is 5.91 Å². The van der Waals surface area contributed by atoms with Crippen molar-refractivity contribution < 1.29 is 29.0 Å². The van der Waals surface area contributed by atoms with Gasteiger partial charge in [0.1, 0.15) is 12.6 Å². The Bertz CT molecular complexity index is 1140. The summed E-state index contributed by atoms with van der Waals surface area (Å²) < 4.78 is 5.42. The fourth-order valence-corrected chi connectivity index (χ4v) is 5.51. The zero-order valence-corrected chi connectivity index (χ0v) is 24.7. The normalized spacial score (nSPS) is 12.6. The summed E-state index contributed by atoms with van der Waals surface area (Å²) in [5.74, 6) is -3.78. The van der Waals surface area contributed by atoms with Crippen LogP contribution in [-0.4, -0.2) is 41.6 Å². The highest BCUT2D eigenvalue weighted by atomic mass is 16.6. The average molecular weight is 580 g/mol. The number of hydrazine groups is 1. The molecule has 3 rings (SSSR count). The lowest BCUT2D eigenvalue weighted by atomic mass is 9.98. The molecule has 0 aliphatic heterocycles. The maximum Gasteiger partial charge on any atom is 0.426 e. The number of aliphatic carboxylic acids is 1. The summed E-state index contributed by atoms with van der Waals surface area (Å²) in [6.45, 7) is 2.30. The molecule has 0 aromatic heterocycles. The fraction of sp³-hybridized carbons (Fsp3) is 0.515. The standard InChI is InChI=1S/C33H45N3O6/c1-2-3-4-5-6-7-8-9-10-11-12-13-22-29(34-31(38)32(39)40)30(37)35-36-33(41)42-23-28-26-20-16-14-18-24(26)25-19-15-17-21-27(25)28/h14-21,28-29H,2-13,22-23H2,1H3,(H,34,38)(H,35,37)(H,36,41)(H,39,40). The van der Waals surface area contributed by atoms with Gasteiger partial charge in [0.15, 0.2) is 0 Å². The number of nitrogens with one attached hydrogen (secondary N) is 3. The molecular formula is C33H45N3O6. The van der Waals surface area contributed by atoms with Crippen LogP contribution >= 0.6 is 0 Å². The van der Waals surface area contributed by atoms with Crippen LogP contribution in [0, 0.1) is 0 Å². The Hall–Kier alpha value is -3.88. The van der Waals surface area contributed by atoms with Crippen molar-refractivity contribution in [2.24, 2.45) is 0 Å². The maximum absolute atomic E-state index is 12.7. The van der Waals surface area contributed by atoms with Gasteiger partial charge in [0.05, 0.1) is 0 Å². The molecule has 0 saturated heterocycles. The lowest BCUT2D eigenvalue weighted by molar-refractivity contribution is -0.151. The van der Waals surface area contributed by atoms with E-state index in [0.717, 1.165) is 41.5 Å². The van der Waals surface area contributed by atoms with E-state index in [1.165, 1.54) is 51.4 Å². The number of rotatable bonds is 17. The number of carboxylic acids is 1. The molecule has 0 heterocycles. The Morgan fingerprint density at radius 3 is 1.76 bits per heavy atom. The highest BCUT2D eigenvalue weighted by molar-refractivity contribution is 6.32. The SMILES string of the molecule is CCCCCCCCCCCCCCC(NC(=O)C(=O)O)C(=O)NNC(=O)OCC1c2ccccc2-c2ccccc21. The van der Waals surface area contributed by atoms with Gasteiger partial charge in [-0.05, 0) is 28.7 Å². The molecule has 1 unspecified atom stereocenters. The molecule has 1 atom stereocenters. The molecule has 9 nitrogen and oxygen atoms in total.